The zero-order chi connectivity index (χ0) is 20.6. The van der Waals surface area contributed by atoms with E-state index < -0.39 is 37.8 Å². The van der Waals surface area contributed by atoms with Crippen LogP contribution in [-0.4, -0.2) is 35.5 Å². The number of benzene rings is 3. The second-order valence-corrected chi connectivity index (χ2v) is 10.8. The van der Waals surface area contributed by atoms with Gasteiger partial charge in [-0.05, 0) is 33.7 Å². The zero-order valence-electron chi connectivity index (χ0n) is 14.2. The Morgan fingerprint density at radius 1 is 0.857 bits per heavy atom. The van der Waals surface area contributed by atoms with Crippen molar-refractivity contribution in [3.05, 3.63) is 54.6 Å². The summed E-state index contributed by atoms with van der Waals surface area (Å²) in [5.41, 5.74) is 0. The van der Waals surface area contributed by atoms with Crippen molar-refractivity contribution < 1.29 is 41.1 Å². The number of hydrogen-bond donors (Lipinski definition) is 3. The predicted octanol–water partition coefficient (Wildman–Crippen LogP) is 2.99. The van der Waals surface area contributed by atoms with E-state index >= 15 is 0 Å². The Hall–Kier alpha value is -1.61. The van der Waals surface area contributed by atoms with Crippen LogP contribution in [0.2, 0.25) is 0 Å². The monoisotopic (exact) mass is 446 g/mol. The van der Waals surface area contributed by atoms with Crippen LogP contribution in [-0.2, 0) is 27.8 Å². The molecule has 12 heteroatoms. The molecule has 0 aliphatic carbocycles. The molecular formula is C16H16O9P2S. The topological polar surface area (TPSA) is 147 Å². The van der Waals surface area contributed by atoms with Crippen LogP contribution in [0.5, 0.6) is 0 Å². The molecule has 0 saturated carbocycles. The van der Waals surface area contributed by atoms with E-state index in [0.29, 0.717) is 0 Å². The summed E-state index contributed by atoms with van der Waals surface area (Å²) in [6, 6.07) is 15.9. The van der Waals surface area contributed by atoms with Crippen LogP contribution in [0.25, 0.3) is 21.5 Å². The van der Waals surface area contributed by atoms with Gasteiger partial charge in [0.15, 0.2) is 9.84 Å². The molecule has 0 heterocycles. The largest absolute Gasteiger partial charge is 0.481 e. The number of phosphoric ester groups is 1. The van der Waals surface area contributed by atoms with E-state index in [1.807, 2.05) is 36.4 Å². The Morgan fingerprint density at radius 2 is 1.46 bits per heavy atom. The van der Waals surface area contributed by atoms with Crippen molar-refractivity contribution in [2.24, 2.45) is 0 Å². The molecule has 1 atom stereocenters. The quantitative estimate of drug-likeness (QED) is 0.368. The number of rotatable bonds is 7. The molecule has 3 rings (SSSR count). The van der Waals surface area contributed by atoms with Gasteiger partial charge in [0.05, 0.1) is 17.3 Å². The molecular weight excluding hydrogens is 430 g/mol. The summed E-state index contributed by atoms with van der Waals surface area (Å²) in [5, 5.41) is 3.41. The van der Waals surface area contributed by atoms with Gasteiger partial charge in [0, 0.05) is 0 Å². The molecule has 28 heavy (non-hydrogen) atoms. The first kappa shape index (κ1) is 21.1. The SMILES string of the molecule is O=P(O)(O)OP(=O)(O)OCCS(=O)(=O)c1ccc2ccc3ccccc3c2c1. The highest BCUT2D eigenvalue weighted by molar-refractivity contribution is 7.91. The minimum atomic E-state index is -5.26. The number of phosphoric acid groups is 2. The van der Waals surface area contributed by atoms with Gasteiger partial charge in [0.25, 0.3) is 0 Å². The lowest BCUT2D eigenvalue weighted by molar-refractivity contribution is 0.185. The molecule has 3 aromatic rings. The predicted molar refractivity (Wildman–Crippen MR) is 102 cm³/mol. The van der Waals surface area contributed by atoms with E-state index in [1.165, 1.54) is 12.1 Å². The first-order valence-electron chi connectivity index (χ1n) is 7.85. The fraction of sp³-hybridized carbons (Fsp3) is 0.125. The third-order valence-corrected chi connectivity index (χ3v) is 7.75. The highest BCUT2D eigenvalue weighted by Gasteiger charge is 2.32. The van der Waals surface area contributed by atoms with Crippen molar-refractivity contribution in [1.29, 1.82) is 0 Å². The van der Waals surface area contributed by atoms with E-state index in [-0.39, 0.29) is 4.90 Å². The van der Waals surface area contributed by atoms with Crippen molar-refractivity contribution in [3.8, 4) is 0 Å². The van der Waals surface area contributed by atoms with Gasteiger partial charge in [0.1, 0.15) is 0 Å². The summed E-state index contributed by atoms with van der Waals surface area (Å²) in [7, 11) is -14.2. The lowest BCUT2D eigenvalue weighted by Gasteiger charge is -2.12. The van der Waals surface area contributed by atoms with Gasteiger partial charge in [-0.2, -0.15) is 4.31 Å². The van der Waals surface area contributed by atoms with E-state index in [0.717, 1.165) is 21.5 Å². The summed E-state index contributed by atoms with van der Waals surface area (Å²) >= 11 is 0. The number of sulfone groups is 1. The van der Waals surface area contributed by atoms with Gasteiger partial charge >= 0.3 is 15.6 Å². The second-order valence-electron chi connectivity index (χ2n) is 5.86. The summed E-state index contributed by atoms with van der Waals surface area (Å²) in [6.45, 7) is -0.788. The van der Waals surface area contributed by atoms with E-state index in [9.17, 15) is 22.4 Å². The van der Waals surface area contributed by atoms with Crippen LogP contribution in [0.3, 0.4) is 0 Å². The molecule has 0 aromatic heterocycles. The summed E-state index contributed by atoms with van der Waals surface area (Å²) in [4.78, 5) is 26.3. The van der Waals surface area contributed by atoms with E-state index in [2.05, 4.69) is 8.83 Å². The minimum absolute atomic E-state index is 0.0105. The van der Waals surface area contributed by atoms with Crippen LogP contribution < -0.4 is 0 Å². The summed E-state index contributed by atoms with van der Waals surface area (Å²) in [5.74, 6) is -0.682. The Bertz CT molecular complexity index is 1230. The second kappa shape index (κ2) is 7.67. The maximum atomic E-state index is 12.5. The molecule has 0 spiro atoms. The van der Waals surface area contributed by atoms with Crippen LogP contribution >= 0.6 is 15.6 Å². The summed E-state index contributed by atoms with van der Waals surface area (Å²) in [6.07, 6.45) is 0. The van der Waals surface area contributed by atoms with Crippen LogP contribution in [0.1, 0.15) is 0 Å². The lowest BCUT2D eigenvalue weighted by Crippen LogP contribution is -2.12. The maximum absolute atomic E-state index is 12.5. The molecule has 3 N–H and O–H groups in total. The first-order chi connectivity index (χ1) is 13.0. The highest BCUT2D eigenvalue weighted by Crippen LogP contribution is 2.57. The Labute approximate surface area is 160 Å². The Morgan fingerprint density at radius 3 is 2.14 bits per heavy atom. The van der Waals surface area contributed by atoms with Gasteiger partial charge in [0.2, 0.25) is 0 Å². The van der Waals surface area contributed by atoms with Crippen molar-refractivity contribution in [2.45, 2.75) is 4.90 Å². The lowest BCUT2D eigenvalue weighted by atomic mass is 10.0. The number of fused-ring (bicyclic) bond motifs is 3. The third-order valence-electron chi connectivity index (χ3n) is 3.89. The zero-order valence-corrected chi connectivity index (χ0v) is 16.8. The summed E-state index contributed by atoms with van der Waals surface area (Å²) < 4.78 is 55.0. The molecule has 3 aromatic carbocycles. The average Bonchev–Trinajstić information content (AvgIpc) is 2.58. The van der Waals surface area contributed by atoms with E-state index in [4.69, 9.17) is 9.79 Å². The van der Waals surface area contributed by atoms with Crippen molar-refractivity contribution in [3.63, 3.8) is 0 Å². The molecule has 0 bridgehead atoms. The maximum Gasteiger partial charge on any atom is 0.481 e. The van der Waals surface area contributed by atoms with Gasteiger partial charge in [-0.15, -0.1) is 0 Å². The minimum Gasteiger partial charge on any atom is -0.302 e. The third kappa shape index (κ3) is 5.05. The van der Waals surface area contributed by atoms with Crippen molar-refractivity contribution in [2.75, 3.05) is 12.4 Å². The Balaban J connectivity index is 1.84. The smallest absolute Gasteiger partial charge is 0.302 e. The highest BCUT2D eigenvalue weighted by atomic mass is 32.2. The molecule has 0 radical (unpaired) electrons. The van der Waals surface area contributed by atoms with Gasteiger partial charge in [-0.3, -0.25) is 4.52 Å². The van der Waals surface area contributed by atoms with E-state index in [1.54, 1.807) is 6.07 Å². The fourth-order valence-electron chi connectivity index (χ4n) is 2.71. The molecule has 9 nitrogen and oxygen atoms in total. The van der Waals surface area contributed by atoms with Gasteiger partial charge in [-0.1, -0.05) is 42.5 Å². The fourth-order valence-corrected chi connectivity index (χ4v) is 5.53. The average molecular weight is 446 g/mol. The molecule has 0 amide bonds. The molecule has 0 aliphatic heterocycles. The normalized spacial score (nSPS) is 15.0. The molecule has 150 valence electrons. The van der Waals surface area contributed by atoms with Crippen molar-refractivity contribution in [1.82, 2.24) is 0 Å². The molecule has 0 saturated heterocycles. The van der Waals surface area contributed by atoms with Crippen LogP contribution in [0.15, 0.2) is 59.5 Å². The Kier molecular flexibility index (Phi) is 5.78. The number of hydrogen-bond acceptors (Lipinski definition) is 6. The standard InChI is InChI=1S/C16H16O9P2S/c17-26(18,19)25-27(20,21)24-9-10-28(22,23)14-8-7-13-6-5-12-3-1-2-4-15(12)16(13)11-14/h1-8,11H,9-10H2,(H,20,21)(H2,17,18,19). The van der Waals surface area contributed by atoms with Gasteiger partial charge in [-0.25, -0.2) is 17.5 Å². The van der Waals surface area contributed by atoms with Crippen LogP contribution in [0, 0.1) is 0 Å². The van der Waals surface area contributed by atoms with Gasteiger partial charge < -0.3 is 14.7 Å². The first-order valence-corrected chi connectivity index (χ1v) is 12.5. The molecule has 0 fully saturated rings. The van der Waals surface area contributed by atoms with Crippen LogP contribution in [0.4, 0.5) is 0 Å². The van der Waals surface area contributed by atoms with Crippen molar-refractivity contribution >= 4 is 47.0 Å². The molecule has 1 unspecified atom stereocenters. The molecule has 0 aliphatic rings.